The van der Waals surface area contributed by atoms with Gasteiger partial charge in [-0.3, -0.25) is 9.80 Å². The summed E-state index contributed by atoms with van der Waals surface area (Å²) in [5.74, 6) is 0.833. The smallest absolute Gasteiger partial charge is 0.419 e. The van der Waals surface area contributed by atoms with Crippen LogP contribution in [0.1, 0.15) is 51.0 Å². The quantitative estimate of drug-likeness (QED) is 0.127. The van der Waals surface area contributed by atoms with Crippen molar-refractivity contribution in [3.8, 4) is 34.4 Å². The summed E-state index contributed by atoms with van der Waals surface area (Å²) < 4.78 is 74.6. The van der Waals surface area contributed by atoms with Crippen LogP contribution in [-0.4, -0.2) is 71.8 Å². The number of aryl methyl sites for hydroxylation is 1. The molecule has 252 valence electrons. The van der Waals surface area contributed by atoms with E-state index in [4.69, 9.17) is 19.2 Å². The Kier molecular flexibility index (Phi) is 10.5. The van der Waals surface area contributed by atoms with Crippen LogP contribution in [0.15, 0.2) is 54.6 Å². The third kappa shape index (κ3) is 8.19. The molecule has 11 heteroatoms. The lowest BCUT2D eigenvalue weighted by Crippen LogP contribution is -2.25. The lowest BCUT2D eigenvalue weighted by molar-refractivity contribution is -0.140. The number of unbranched alkanes of at least 4 members (excludes halogenated alkanes) is 1. The van der Waals surface area contributed by atoms with E-state index in [1.807, 2.05) is 24.3 Å². The molecule has 2 aliphatic heterocycles. The molecule has 0 atom stereocenters. The molecule has 3 aromatic carbocycles. The highest BCUT2D eigenvalue weighted by atomic mass is 19.4. The van der Waals surface area contributed by atoms with Crippen molar-refractivity contribution in [3.63, 3.8) is 0 Å². The van der Waals surface area contributed by atoms with Gasteiger partial charge in [0.1, 0.15) is 47.9 Å². The molecule has 0 bridgehead atoms. The summed E-state index contributed by atoms with van der Waals surface area (Å²) in [6.07, 6.45) is 1.91. The van der Waals surface area contributed by atoms with Crippen LogP contribution >= 0.6 is 0 Å². The summed E-state index contributed by atoms with van der Waals surface area (Å²) in [5.41, 5.74) is 1.16. The minimum atomic E-state index is -4.84. The minimum Gasteiger partial charge on any atom is -0.492 e. The van der Waals surface area contributed by atoms with Gasteiger partial charge in [0.2, 0.25) is 0 Å². The SMILES string of the molecule is CCCCn1c(-c2ccc(Oc3ccc(F)c(C(F)(F)F)c3)cc2OCCN2CCCC2)nc2ccc(OCCN3CCCC3)cc21. The number of aromatic nitrogens is 2. The van der Waals surface area contributed by atoms with Crippen molar-refractivity contribution in [2.24, 2.45) is 0 Å². The summed E-state index contributed by atoms with van der Waals surface area (Å²) in [6, 6.07) is 13.8. The zero-order chi connectivity index (χ0) is 32.8. The Hall–Kier alpha value is -3.83. The van der Waals surface area contributed by atoms with Crippen molar-refractivity contribution in [3.05, 3.63) is 66.0 Å². The van der Waals surface area contributed by atoms with Crippen molar-refractivity contribution in [2.75, 3.05) is 52.5 Å². The minimum absolute atomic E-state index is 0.123. The van der Waals surface area contributed by atoms with Crippen LogP contribution in [-0.2, 0) is 12.7 Å². The van der Waals surface area contributed by atoms with Gasteiger partial charge in [-0.25, -0.2) is 9.37 Å². The van der Waals surface area contributed by atoms with Gasteiger partial charge >= 0.3 is 6.18 Å². The maximum atomic E-state index is 13.9. The van der Waals surface area contributed by atoms with Crippen molar-refractivity contribution < 1.29 is 31.8 Å². The molecule has 4 aromatic rings. The molecule has 3 heterocycles. The molecular weight excluding hydrogens is 612 g/mol. The van der Waals surface area contributed by atoms with E-state index >= 15 is 0 Å². The van der Waals surface area contributed by atoms with E-state index in [2.05, 4.69) is 21.3 Å². The average Bonchev–Trinajstić information content (AvgIpc) is 3.83. The largest absolute Gasteiger partial charge is 0.492 e. The predicted molar refractivity (Wildman–Crippen MR) is 174 cm³/mol. The number of nitrogens with zero attached hydrogens (tertiary/aromatic N) is 4. The van der Waals surface area contributed by atoms with Gasteiger partial charge in [-0.05, 0) is 101 Å². The fourth-order valence-electron chi connectivity index (χ4n) is 6.32. The Balaban J connectivity index is 1.31. The molecule has 47 heavy (non-hydrogen) atoms. The van der Waals surface area contributed by atoms with Gasteiger partial charge in [-0.1, -0.05) is 13.3 Å². The summed E-state index contributed by atoms with van der Waals surface area (Å²) in [6.45, 7) is 9.89. The predicted octanol–water partition coefficient (Wildman–Crippen LogP) is 8.40. The molecule has 2 aliphatic rings. The van der Waals surface area contributed by atoms with Gasteiger partial charge in [0.15, 0.2) is 0 Å². The van der Waals surface area contributed by atoms with E-state index in [-0.39, 0.29) is 11.5 Å². The Morgan fingerprint density at radius 3 is 2.06 bits per heavy atom. The molecule has 0 saturated carbocycles. The molecule has 0 N–H and O–H groups in total. The molecule has 0 spiro atoms. The molecule has 0 amide bonds. The Bertz CT molecular complexity index is 1650. The second-order valence-corrected chi connectivity index (χ2v) is 12.3. The van der Waals surface area contributed by atoms with E-state index in [0.717, 1.165) is 106 Å². The zero-order valence-electron chi connectivity index (χ0n) is 26.8. The summed E-state index contributed by atoms with van der Waals surface area (Å²) >= 11 is 0. The monoisotopic (exact) mass is 654 g/mol. The molecule has 7 nitrogen and oxygen atoms in total. The van der Waals surface area contributed by atoms with Crippen LogP contribution in [0.4, 0.5) is 17.6 Å². The number of hydrogen-bond acceptors (Lipinski definition) is 6. The number of ether oxygens (including phenoxy) is 3. The summed E-state index contributed by atoms with van der Waals surface area (Å²) in [4.78, 5) is 9.80. The van der Waals surface area contributed by atoms with Crippen molar-refractivity contribution >= 4 is 11.0 Å². The maximum absolute atomic E-state index is 13.9. The van der Waals surface area contributed by atoms with Gasteiger partial charge in [-0.2, -0.15) is 13.2 Å². The number of hydrogen-bond donors (Lipinski definition) is 0. The van der Waals surface area contributed by atoms with E-state index < -0.39 is 17.6 Å². The molecular formula is C36H42F4N4O3. The first-order chi connectivity index (χ1) is 22.8. The van der Waals surface area contributed by atoms with Gasteiger partial charge in [-0.15, -0.1) is 0 Å². The summed E-state index contributed by atoms with van der Waals surface area (Å²) in [7, 11) is 0. The van der Waals surface area contributed by atoms with E-state index in [1.165, 1.54) is 18.9 Å². The number of fused-ring (bicyclic) bond motifs is 1. The molecule has 2 saturated heterocycles. The summed E-state index contributed by atoms with van der Waals surface area (Å²) in [5, 5.41) is 0. The zero-order valence-corrected chi connectivity index (χ0v) is 26.8. The van der Waals surface area contributed by atoms with Gasteiger partial charge in [0.05, 0.1) is 22.2 Å². The van der Waals surface area contributed by atoms with Gasteiger partial charge < -0.3 is 18.8 Å². The fraction of sp³-hybridized carbons (Fsp3) is 0.472. The van der Waals surface area contributed by atoms with Crippen LogP contribution in [0.25, 0.3) is 22.4 Å². The first-order valence-corrected chi connectivity index (χ1v) is 16.7. The van der Waals surface area contributed by atoms with Crippen molar-refractivity contribution in [2.45, 2.75) is 58.2 Å². The number of alkyl halides is 3. The van der Waals surface area contributed by atoms with Crippen LogP contribution in [0.2, 0.25) is 0 Å². The average molecular weight is 655 g/mol. The molecule has 2 fully saturated rings. The number of halogens is 4. The van der Waals surface area contributed by atoms with Crippen LogP contribution in [0.3, 0.4) is 0 Å². The molecule has 6 rings (SSSR count). The Morgan fingerprint density at radius 1 is 0.745 bits per heavy atom. The van der Waals surface area contributed by atoms with Crippen molar-refractivity contribution in [1.82, 2.24) is 19.4 Å². The topological polar surface area (TPSA) is 52.0 Å². The third-order valence-electron chi connectivity index (χ3n) is 8.87. The Morgan fingerprint density at radius 2 is 1.38 bits per heavy atom. The Labute approximate surface area is 273 Å². The van der Waals surface area contributed by atoms with E-state index in [0.29, 0.717) is 25.0 Å². The lowest BCUT2D eigenvalue weighted by atomic mass is 10.1. The number of rotatable bonds is 14. The van der Waals surface area contributed by atoms with Crippen molar-refractivity contribution in [1.29, 1.82) is 0 Å². The molecule has 0 aliphatic carbocycles. The molecule has 0 unspecified atom stereocenters. The number of benzene rings is 3. The highest BCUT2D eigenvalue weighted by Gasteiger charge is 2.34. The normalized spacial score (nSPS) is 15.9. The molecule has 0 radical (unpaired) electrons. The fourth-order valence-corrected chi connectivity index (χ4v) is 6.32. The molecule has 1 aromatic heterocycles. The van der Waals surface area contributed by atoms with E-state index in [1.54, 1.807) is 12.1 Å². The maximum Gasteiger partial charge on any atom is 0.419 e. The second-order valence-electron chi connectivity index (χ2n) is 12.3. The standard InChI is InChI=1S/C36H42F4N4O3/c1-2-3-18-44-33-24-26(45-21-19-42-14-4-5-15-42)10-13-32(33)41-35(44)29-11-8-28(25-34(29)46-22-20-43-16-6-7-17-43)47-27-9-12-31(37)30(23-27)36(38,39)40/h8-13,23-25H,2-7,14-22H2,1H3. The first kappa shape index (κ1) is 33.1. The van der Waals surface area contributed by atoms with Crippen LogP contribution in [0.5, 0.6) is 23.0 Å². The highest BCUT2D eigenvalue weighted by Crippen LogP contribution is 2.39. The van der Waals surface area contributed by atoms with Gasteiger partial charge in [0, 0.05) is 31.8 Å². The van der Waals surface area contributed by atoms with Gasteiger partial charge in [0.25, 0.3) is 0 Å². The lowest BCUT2D eigenvalue weighted by Gasteiger charge is -2.18. The first-order valence-electron chi connectivity index (χ1n) is 16.7. The third-order valence-corrected chi connectivity index (χ3v) is 8.87. The highest BCUT2D eigenvalue weighted by molar-refractivity contribution is 5.83. The number of likely N-dealkylation sites (tertiary alicyclic amines) is 2. The van der Waals surface area contributed by atoms with Crippen LogP contribution in [0, 0.1) is 5.82 Å². The number of imidazole rings is 1. The second kappa shape index (κ2) is 14.9. The van der Waals surface area contributed by atoms with Crippen LogP contribution < -0.4 is 14.2 Å². The van der Waals surface area contributed by atoms with E-state index in [9.17, 15) is 17.6 Å².